The van der Waals surface area contributed by atoms with Gasteiger partial charge in [-0.1, -0.05) is 5.57 Å². The van der Waals surface area contributed by atoms with Gasteiger partial charge in [-0.05, 0) is 83.8 Å². The number of aliphatic hydroxyl groups is 3. The highest BCUT2D eigenvalue weighted by molar-refractivity contribution is 5.98. The van der Waals surface area contributed by atoms with E-state index in [1.54, 1.807) is 19.9 Å². The summed E-state index contributed by atoms with van der Waals surface area (Å²) in [5.41, 5.74) is -8.35. The SMILES string of the molecule is CC(=O)OC[C@]12CC[C@H]3[C@@H](C[C@H]4O[C@]45[C@@H](OC(C)=O)C=CC(=O)[C@]35C)[C@]1(O)CC[C@@]2(O)C(C)(O)C1CC(C)=C(C)C(=O)O1. The summed E-state index contributed by atoms with van der Waals surface area (Å²) in [4.78, 5) is 50.6. The summed E-state index contributed by atoms with van der Waals surface area (Å²) in [5, 5.41) is 37.8. The summed E-state index contributed by atoms with van der Waals surface area (Å²) in [6, 6.07) is 0. The number of cyclic esters (lactones) is 1. The van der Waals surface area contributed by atoms with Crippen LogP contribution in [0.15, 0.2) is 23.3 Å². The zero-order chi connectivity index (χ0) is 31.5. The molecule has 0 amide bonds. The predicted octanol–water partition coefficient (Wildman–Crippen LogP) is 1.84. The topological polar surface area (TPSA) is 169 Å². The van der Waals surface area contributed by atoms with Crippen LogP contribution >= 0.6 is 0 Å². The lowest BCUT2D eigenvalue weighted by molar-refractivity contribution is -0.297. The molecular formula is C32H42O11. The number of epoxide rings is 1. The molecule has 2 heterocycles. The third-order valence-electron chi connectivity index (χ3n) is 12.6. The molecule has 3 saturated carbocycles. The molecule has 0 aromatic heterocycles. The van der Waals surface area contributed by atoms with E-state index in [-0.39, 0.29) is 38.1 Å². The van der Waals surface area contributed by atoms with Gasteiger partial charge in [-0.15, -0.1) is 0 Å². The number of carbonyl (C=O) groups excluding carboxylic acids is 4. The second kappa shape index (κ2) is 9.22. The number of ketones is 1. The maximum atomic E-state index is 13.7. The zero-order valence-electron chi connectivity index (χ0n) is 25.6. The Balaban J connectivity index is 1.43. The molecular weight excluding hydrogens is 560 g/mol. The molecule has 3 N–H and O–H groups in total. The molecule has 0 aromatic rings. The Labute approximate surface area is 250 Å². The van der Waals surface area contributed by atoms with Gasteiger partial charge in [0.05, 0.1) is 22.5 Å². The summed E-state index contributed by atoms with van der Waals surface area (Å²) >= 11 is 0. The first kappa shape index (κ1) is 30.4. The van der Waals surface area contributed by atoms with E-state index in [2.05, 4.69) is 0 Å². The van der Waals surface area contributed by atoms with Gasteiger partial charge in [0.1, 0.15) is 29.5 Å². The Morgan fingerprint density at radius 2 is 1.79 bits per heavy atom. The van der Waals surface area contributed by atoms with Crippen LogP contribution in [0.5, 0.6) is 0 Å². The minimum atomic E-state index is -2.04. The predicted molar refractivity (Wildman–Crippen MR) is 148 cm³/mol. The first-order valence-electron chi connectivity index (χ1n) is 15.2. The third kappa shape index (κ3) is 3.56. The highest BCUT2D eigenvalue weighted by Crippen LogP contribution is 2.75. The quantitative estimate of drug-likeness (QED) is 0.238. The van der Waals surface area contributed by atoms with Crippen LogP contribution in [0.3, 0.4) is 0 Å². The molecule has 4 aliphatic carbocycles. The lowest BCUT2D eigenvalue weighted by Crippen LogP contribution is -2.75. The van der Waals surface area contributed by atoms with E-state index in [1.165, 1.54) is 26.8 Å². The number of hydrogen-bond donors (Lipinski definition) is 3. The van der Waals surface area contributed by atoms with Crippen LogP contribution in [0.2, 0.25) is 0 Å². The molecule has 0 aromatic carbocycles. The zero-order valence-corrected chi connectivity index (χ0v) is 25.6. The van der Waals surface area contributed by atoms with Crippen molar-refractivity contribution >= 4 is 23.7 Å². The maximum Gasteiger partial charge on any atom is 0.334 e. The maximum absolute atomic E-state index is 13.7. The number of allylic oxidation sites excluding steroid dienone is 1. The first-order valence-corrected chi connectivity index (χ1v) is 15.2. The molecule has 0 radical (unpaired) electrons. The number of carbonyl (C=O) groups is 4. The largest absolute Gasteiger partial charge is 0.465 e. The van der Waals surface area contributed by atoms with Gasteiger partial charge in [-0.25, -0.2) is 4.79 Å². The van der Waals surface area contributed by atoms with Gasteiger partial charge in [0.2, 0.25) is 0 Å². The van der Waals surface area contributed by atoms with Crippen LogP contribution < -0.4 is 0 Å². The fraction of sp³-hybridized carbons (Fsp3) is 0.750. The van der Waals surface area contributed by atoms with Gasteiger partial charge in [-0.2, -0.15) is 0 Å². The van der Waals surface area contributed by atoms with E-state index in [4.69, 9.17) is 18.9 Å². The summed E-state index contributed by atoms with van der Waals surface area (Å²) in [7, 11) is 0. The van der Waals surface area contributed by atoms with E-state index < -0.39 is 81.3 Å². The van der Waals surface area contributed by atoms with Crippen LogP contribution in [0, 0.1) is 22.7 Å². The lowest BCUT2D eigenvalue weighted by atomic mass is 9.42. The van der Waals surface area contributed by atoms with Gasteiger partial charge in [-0.3, -0.25) is 14.4 Å². The Kier molecular flexibility index (Phi) is 6.52. The molecule has 1 saturated heterocycles. The van der Waals surface area contributed by atoms with Crippen molar-refractivity contribution in [1.29, 1.82) is 0 Å². The monoisotopic (exact) mass is 602 g/mol. The van der Waals surface area contributed by atoms with Crippen LogP contribution in [-0.4, -0.2) is 86.3 Å². The molecule has 6 aliphatic rings. The van der Waals surface area contributed by atoms with Crippen LogP contribution in [0.1, 0.15) is 80.1 Å². The van der Waals surface area contributed by atoms with Crippen molar-refractivity contribution < 1.29 is 53.4 Å². The number of ether oxygens (including phenoxy) is 4. The summed E-state index contributed by atoms with van der Waals surface area (Å²) in [6.07, 6.45) is 1.54. The average Bonchev–Trinajstić information content (AvgIpc) is 3.61. The fourth-order valence-electron chi connectivity index (χ4n) is 10.0. The first-order chi connectivity index (χ1) is 19.9. The van der Waals surface area contributed by atoms with Gasteiger partial charge >= 0.3 is 17.9 Å². The molecule has 43 heavy (non-hydrogen) atoms. The third-order valence-corrected chi connectivity index (χ3v) is 12.6. The second-order valence-corrected chi connectivity index (χ2v) is 14.1. The molecule has 11 atom stereocenters. The molecule has 2 unspecified atom stereocenters. The van der Waals surface area contributed by atoms with Crippen LogP contribution in [-0.2, 0) is 38.1 Å². The Morgan fingerprint density at radius 1 is 1.09 bits per heavy atom. The second-order valence-electron chi connectivity index (χ2n) is 14.1. The van der Waals surface area contributed by atoms with Gasteiger partial charge < -0.3 is 34.3 Å². The molecule has 11 heteroatoms. The minimum Gasteiger partial charge on any atom is -0.465 e. The van der Waals surface area contributed by atoms with Gasteiger partial charge in [0, 0.05) is 25.8 Å². The average molecular weight is 603 g/mol. The minimum absolute atomic E-state index is 0.0454. The lowest BCUT2D eigenvalue weighted by Gasteiger charge is -2.64. The highest BCUT2D eigenvalue weighted by Gasteiger charge is 2.85. The Morgan fingerprint density at radius 3 is 2.42 bits per heavy atom. The smallest absolute Gasteiger partial charge is 0.334 e. The van der Waals surface area contributed by atoms with Crippen LogP contribution in [0.4, 0.5) is 0 Å². The number of fused-ring (bicyclic) bond motifs is 4. The van der Waals surface area contributed by atoms with Gasteiger partial charge in [0.25, 0.3) is 0 Å². The van der Waals surface area contributed by atoms with Crippen molar-refractivity contribution in [3.05, 3.63) is 23.3 Å². The van der Waals surface area contributed by atoms with E-state index in [1.807, 2.05) is 6.92 Å². The van der Waals surface area contributed by atoms with Crippen molar-refractivity contribution in [3.63, 3.8) is 0 Å². The van der Waals surface area contributed by atoms with Crippen molar-refractivity contribution in [2.24, 2.45) is 22.7 Å². The molecule has 1 spiro atoms. The van der Waals surface area contributed by atoms with Crippen molar-refractivity contribution in [2.75, 3.05) is 6.61 Å². The highest BCUT2D eigenvalue weighted by atomic mass is 16.7. The van der Waals surface area contributed by atoms with E-state index >= 15 is 0 Å². The molecule has 236 valence electrons. The summed E-state index contributed by atoms with van der Waals surface area (Å²) < 4.78 is 23.1. The van der Waals surface area contributed by atoms with Crippen LogP contribution in [0.25, 0.3) is 0 Å². The molecule has 4 fully saturated rings. The molecule has 11 nitrogen and oxygen atoms in total. The number of esters is 3. The molecule has 0 bridgehead atoms. The van der Waals surface area contributed by atoms with E-state index in [0.717, 1.165) is 5.57 Å². The molecule has 6 rings (SSSR count). The number of hydrogen-bond acceptors (Lipinski definition) is 11. The van der Waals surface area contributed by atoms with Crippen molar-refractivity contribution in [3.8, 4) is 0 Å². The van der Waals surface area contributed by atoms with E-state index in [0.29, 0.717) is 18.4 Å². The van der Waals surface area contributed by atoms with Gasteiger partial charge in [0.15, 0.2) is 11.9 Å². The Hall–Kier alpha value is -2.60. The van der Waals surface area contributed by atoms with Crippen molar-refractivity contribution in [2.45, 2.75) is 121 Å². The Bertz CT molecular complexity index is 1360. The molecule has 2 aliphatic heterocycles. The van der Waals surface area contributed by atoms with E-state index in [9.17, 15) is 34.5 Å². The van der Waals surface area contributed by atoms with Crippen molar-refractivity contribution in [1.82, 2.24) is 0 Å². The fourth-order valence-corrected chi connectivity index (χ4v) is 10.0. The standard InChI is InChI=1S/C32H42O11/c1-16-13-24(42-26(36)17(16)2)28(6,37)31(39)12-11-30(38)21-14-25-32(43-25)23(41-19(4)34)8-7-22(35)27(32,5)20(21)9-10-29(30,31)15-40-18(3)33/h7-8,20-21,23-25,37-39H,9-15H2,1-6H3/t20-,21+,23-,24?,25+,27-,28?,29+,30+,31+,32+/m0/s1. The summed E-state index contributed by atoms with van der Waals surface area (Å²) in [6.45, 7) is 8.82. The normalized spacial score (nSPS) is 47.8. The number of rotatable bonds is 5. The summed E-state index contributed by atoms with van der Waals surface area (Å²) in [5.74, 6) is -2.88.